The third-order valence-corrected chi connectivity index (χ3v) is 4.31. The summed E-state index contributed by atoms with van der Waals surface area (Å²) in [7, 11) is 0. The van der Waals surface area contributed by atoms with Crippen LogP contribution in [-0.4, -0.2) is 86.3 Å². The van der Waals surface area contributed by atoms with Crippen LogP contribution in [-0.2, 0) is 28.8 Å². The molecule has 182 valence electrons. The molecule has 0 fully saturated rings. The highest BCUT2D eigenvalue weighted by Crippen LogP contribution is 2.05. The van der Waals surface area contributed by atoms with Crippen LogP contribution < -0.4 is 21.7 Å². The van der Waals surface area contributed by atoms with Crippen molar-refractivity contribution in [1.82, 2.24) is 16.0 Å². The van der Waals surface area contributed by atoms with Crippen molar-refractivity contribution in [3.05, 3.63) is 0 Å². The maximum atomic E-state index is 12.5. The second-order valence-corrected chi connectivity index (χ2v) is 7.49. The summed E-state index contributed by atoms with van der Waals surface area (Å²) < 4.78 is 0. The zero-order chi connectivity index (χ0) is 25.2. The van der Waals surface area contributed by atoms with Gasteiger partial charge in [0, 0.05) is 6.42 Å². The average Bonchev–Trinajstić information content (AvgIpc) is 2.65. The van der Waals surface area contributed by atoms with Gasteiger partial charge in [-0.25, -0.2) is 4.79 Å². The summed E-state index contributed by atoms with van der Waals surface area (Å²) in [6, 6.07) is -6.02. The number of rotatable bonds is 14. The zero-order valence-corrected chi connectivity index (χ0v) is 17.9. The van der Waals surface area contributed by atoms with E-state index in [9.17, 15) is 39.0 Å². The van der Waals surface area contributed by atoms with Gasteiger partial charge in [0.1, 0.15) is 18.1 Å². The van der Waals surface area contributed by atoms with Crippen LogP contribution in [0, 0.1) is 5.92 Å². The number of hydrogen-bond acceptors (Lipinski definition) is 8. The van der Waals surface area contributed by atoms with E-state index in [1.54, 1.807) is 0 Å². The quantitative estimate of drug-likeness (QED) is 0.131. The lowest BCUT2D eigenvalue weighted by Crippen LogP contribution is -2.60. The molecule has 9 N–H and O–H groups in total. The smallest absolute Gasteiger partial charge is 0.326 e. The fourth-order valence-corrected chi connectivity index (χ4v) is 2.49. The van der Waals surface area contributed by atoms with Gasteiger partial charge >= 0.3 is 17.9 Å². The van der Waals surface area contributed by atoms with E-state index >= 15 is 0 Å². The monoisotopic (exact) mass is 462 g/mol. The predicted molar refractivity (Wildman–Crippen MR) is 107 cm³/mol. The lowest BCUT2D eigenvalue weighted by molar-refractivity contribution is -0.145. The number of nitrogens with one attached hydrogen (secondary N) is 3. The van der Waals surface area contributed by atoms with Crippen molar-refractivity contribution in [3.8, 4) is 0 Å². The molecule has 0 aliphatic carbocycles. The fraction of sp³-hybridized carbons (Fsp3) is 0.667. The molecular formula is C18H30N4O10. The highest BCUT2D eigenvalue weighted by molar-refractivity contribution is 5.95. The van der Waals surface area contributed by atoms with E-state index in [2.05, 4.69) is 16.0 Å². The topological polar surface area (TPSA) is 245 Å². The Kier molecular flexibility index (Phi) is 11.9. The van der Waals surface area contributed by atoms with Crippen molar-refractivity contribution in [1.29, 1.82) is 0 Å². The van der Waals surface area contributed by atoms with Gasteiger partial charge in [0.2, 0.25) is 17.7 Å². The number of aliphatic carboxylic acids is 3. The molecule has 0 saturated heterocycles. The standard InChI is InChI=1S/C18H30N4O10/c1-7(2)13(18(31)32)21-16(29)10(6-12(26)27)20-17(30)14(8(3)23)22-15(28)9(19)4-5-11(24)25/h7-10,13-14,23H,4-6,19H2,1-3H3,(H,20,30)(H,21,29)(H,22,28)(H,24,25)(H,26,27)(H,31,32). The number of carbonyl (C=O) groups is 6. The SMILES string of the molecule is CC(C)C(NC(=O)C(CC(=O)O)NC(=O)C(NC(=O)C(N)CCC(=O)O)C(C)O)C(=O)O. The van der Waals surface area contributed by atoms with E-state index in [1.165, 1.54) is 13.8 Å². The van der Waals surface area contributed by atoms with Gasteiger partial charge in [-0.05, 0) is 19.3 Å². The first-order valence-corrected chi connectivity index (χ1v) is 9.68. The average molecular weight is 462 g/mol. The summed E-state index contributed by atoms with van der Waals surface area (Å²) in [6.07, 6.45) is -3.06. The maximum Gasteiger partial charge on any atom is 0.326 e. The van der Waals surface area contributed by atoms with Gasteiger partial charge in [-0.2, -0.15) is 0 Å². The number of carbonyl (C=O) groups excluding carboxylic acids is 3. The van der Waals surface area contributed by atoms with Crippen LogP contribution in [0.25, 0.3) is 0 Å². The Hall–Kier alpha value is -3.26. The van der Waals surface area contributed by atoms with Gasteiger partial charge in [-0.3, -0.25) is 24.0 Å². The summed E-state index contributed by atoms with van der Waals surface area (Å²) in [4.78, 5) is 70.1. The van der Waals surface area contributed by atoms with Gasteiger partial charge in [0.05, 0.1) is 18.6 Å². The van der Waals surface area contributed by atoms with Crippen molar-refractivity contribution in [2.24, 2.45) is 11.7 Å². The summed E-state index contributed by atoms with van der Waals surface area (Å²) in [5.74, 6) is -7.74. The summed E-state index contributed by atoms with van der Waals surface area (Å²) in [6.45, 7) is 4.16. The normalized spacial score (nSPS) is 15.6. The number of amides is 3. The maximum absolute atomic E-state index is 12.5. The number of carboxylic acid groups (broad SMARTS) is 3. The third kappa shape index (κ3) is 10.2. The molecule has 14 heteroatoms. The van der Waals surface area contributed by atoms with Crippen LogP contribution in [0.1, 0.15) is 40.0 Å². The van der Waals surface area contributed by atoms with E-state index in [4.69, 9.17) is 15.9 Å². The lowest BCUT2D eigenvalue weighted by atomic mass is 10.0. The molecule has 0 aliphatic heterocycles. The number of aliphatic hydroxyl groups is 1. The molecule has 14 nitrogen and oxygen atoms in total. The molecular weight excluding hydrogens is 432 g/mol. The molecule has 0 spiro atoms. The largest absolute Gasteiger partial charge is 0.481 e. The molecule has 0 rings (SSSR count). The minimum Gasteiger partial charge on any atom is -0.481 e. The molecule has 5 unspecified atom stereocenters. The molecule has 0 aromatic carbocycles. The van der Waals surface area contributed by atoms with Crippen molar-refractivity contribution in [2.45, 2.75) is 70.3 Å². The molecule has 0 aliphatic rings. The van der Waals surface area contributed by atoms with Gasteiger partial charge in [-0.15, -0.1) is 0 Å². The molecule has 0 saturated carbocycles. The Morgan fingerprint density at radius 2 is 1.31 bits per heavy atom. The van der Waals surface area contributed by atoms with Crippen LogP contribution in [0.4, 0.5) is 0 Å². The van der Waals surface area contributed by atoms with E-state index in [-0.39, 0.29) is 6.42 Å². The van der Waals surface area contributed by atoms with Crippen molar-refractivity contribution < 1.29 is 49.2 Å². The van der Waals surface area contributed by atoms with Crippen molar-refractivity contribution >= 4 is 35.6 Å². The highest BCUT2D eigenvalue weighted by atomic mass is 16.4. The van der Waals surface area contributed by atoms with Gasteiger partial charge < -0.3 is 42.1 Å². The summed E-state index contributed by atoms with van der Waals surface area (Å²) in [5, 5.41) is 43.0. The minimum atomic E-state index is -1.71. The zero-order valence-electron chi connectivity index (χ0n) is 17.9. The van der Waals surface area contributed by atoms with Crippen LogP contribution in [0.3, 0.4) is 0 Å². The lowest BCUT2D eigenvalue weighted by Gasteiger charge is -2.26. The molecule has 0 radical (unpaired) electrons. The summed E-state index contributed by atoms with van der Waals surface area (Å²) >= 11 is 0. The van der Waals surface area contributed by atoms with Crippen LogP contribution in [0.2, 0.25) is 0 Å². The highest BCUT2D eigenvalue weighted by Gasteiger charge is 2.34. The molecule has 0 heterocycles. The van der Waals surface area contributed by atoms with Crippen LogP contribution in [0.15, 0.2) is 0 Å². The van der Waals surface area contributed by atoms with Gasteiger partial charge in [0.15, 0.2) is 0 Å². The minimum absolute atomic E-state index is 0.245. The Balaban J connectivity index is 5.41. The van der Waals surface area contributed by atoms with Crippen LogP contribution in [0.5, 0.6) is 0 Å². The van der Waals surface area contributed by atoms with Gasteiger partial charge in [-0.1, -0.05) is 13.8 Å². The van der Waals surface area contributed by atoms with Gasteiger partial charge in [0.25, 0.3) is 0 Å². The molecule has 0 bridgehead atoms. The Morgan fingerprint density at radius 1 is 0.781 bits per heavy atom. The van der Waals surface area contributed by atoms with E-state index in [1.807, 2.05) is 0 Å². The predicted octanol–water partition coefficient (Wildman–Crippen LogP) is -2.77. The Morgan fingerprint density at radius 3 is 1.72 bits per heavy atom. The first kappa shape index (κ1) is 28.7. The molecule has 3 amide bonds. The number of nitrogens with two attached hydrogens (primary N) is 1. The Bertz CT molecular complexity index is 725. The molecule has 5 atom stereocenters. The molecule has 32 heavy (non-hydrogen) atoms. The van der Waals surface area contributed by atoms with E-state index in [0.29, 0.717) is 0 Å². The molecule has 0 aromatic rings. The summed E-state index contributed by atoms with van der Waals surface area (Å²) in [5.41, 5.74) is 5.55. The molecule has 0 aromatic heterocycles. The first-order valence-electron chi connectivity index (χ1n) is 9.68. The third-order valence-electron chi connectivity index (χ3n) is 4.31. The van der Waals surface area contributed by atoms with E-state index < -0.39 is 84.7 Å². The Labute approximate surface area is 183 Å². The number of carboxylic acids is 3. The van der Waals surface area contributed by atoms with Crippen molar-refractivity contribution in [2.75, 3.05) is 0 Å². The second-order valence-electron chi connectivity index (χ2n) is 7.49. The van der Waals surface area contributed by atoms with E-state index in [0.717, 1.165) is 6.92 Å². The first-order chi connectivity index (χ1) is 14.7. The number of aliphatic hydroxyl groups excluding tert-OH is 1. The van der Waals surface area contributed by atoms with Crippen molar-refractivity contribution in [3.63, 3.8) is 0 Å². The number of hydrogen-bond donors (Lipinski definition) is 8. The van der Waals surface area contributed by atoms with Crippen LogP contribution >= 0.6 is 0 Å². The second kappa shape index (κ2) is 13.2. The fourth-order valence-electron chi connectivity index (χ4n) is 2.49.